The molecule has 0 aromatic carbocycles. The molecule has 0 N–H and O–H groups in total. The van der Waals surface area contributed by atoms with Crippen LogP contribution in [0.25, 0.3) is 5.53 Å². The molecule has 0 aromatic heterocycles. The van der Waals surface area contributed by atoms with Crippen LogP contribution in [-0.2, 0) is 9.53 Å². The van der Waals surface area contributed by atoms with Gasteiger partial charge in [0.1, 0.15) is 0 Å². The van der Waals surface area contributed by atoms with Crippen LogP contribution in [0.4, 0.5) is 0 Å². The van der Waals surface area contributed by atoms with Crippen LogP contribution in [0.3, 0.4) is 0 Å². The average molecular weight is 152 g/mol. The van der Waals surface area contributed by atoms with E-state index in [1.165, 1.54) is 7.11 Å². The van der Waals surface area contributed by atoms with Crippen molar-refractivity contribution in [3.05, 3.63) is 5.53 Å². The minimum atomic E-state index is -0.728. The van der Waals surface area contributed by atoms with Crippen LogP contribution in [0, 0.1) is 11.8 Å². The maximum Gasteiger partial charge on any atom is 0.449 e. The first-order valence-corrected chi connectivity index (χ1v) is 3.05. The van der Waals surface area contributed by atoms with Gasteiger partial charge in [-0.2, -0.15) is 0 Å². The van der Waals surface area contributed by atoms with Gasteiger partial charge in [-0.1, -0.05) is 12.8 Å². The number of esters is 1. The molecule has 0 radical (unpaired) electrons. The molecule has 58 valence electrons. The van der Waals surface area contributed by atoms with E-state index in [0.717, 1.165) is 0 Å². The van der Waals surface area contributed by atoms with E-state index in [1.54, 1.807) is 0 Å². The Kier molecular flexibility index (Phi) is 4.46. The number of rotatable bonds is 1. The summed E-state index contributed by atoms with van der Waals surface area (Å²) in [7, 11) is 1.20. The molecule has 0 aliphatic heterocycles. The summed E-state index contributed by atoms with van der Waals surface area (Å²) in [6, 6.07) is 0. The van der Waals surface area contributed by atoms with Crippen LogP contribution in [0.1, 0.15) is 13.3 Å². The second-order valence-electron chi connectivity index (χ2n) is 1.60. The highest BCUT2D eigenvalue weighted by molar-refractivity contribution is 6.41. The van der Waals surface area contributed by atoms with Crippen molar-refractivity contribution in [3.63, 3.8) is 0 Å². The van der Waals surface area contributed by atoms with E-state index in [-0.39, 0.29) is 5.71 Å². The van der Waals surface area contributed by atoms with Gasteiger partial charge < -0.3 is 10.3 Å². The molecule has 0 aromatic rings. The molecule has 0 heterocycles. The summed E-state index contributed by atoms with van der Waals surface area (Å²) in [5.41, 5.74) is 7.97. The summed E-state index contributed by atoms with van der Waals surface area (Å²) in [6.45, 7) is 1.82. The second kappa shape index (κ2) is 5.21. The SMILES string of the molecule is CCC#CC(=[N+]=[N-])C(=O)OC. The van der Waals surface area contributed by atoms with Gasteiger partial charge >= 0.3 is 11.7 Å². The zero-order chi connectivity index (χ0) is 8.69. The molecule has 0 spiro atoms. The van der Waals surface area contributed by atoms with E-state index in [4.69, 9.17) is 5.53 Å². The maximum atomic E-state index is 10.6. The van der Waals surface area contributed by atoms with Gasteiger partial charge in [-0.15, -0.1) is 4.79 Å². The molecule has 0 fully saturated rings. The monoisotopic (exact) mass is 152 g/mol. The van der Waals surface area contributed by atoms with E-state index in [0.29, 0.717) is 6.42 Å². The Morgan fingerprint density at radius 2 is 2.36 bits per heavy atom. The molecule has 0 bridgehead atoms. The predicted octanol–water partition coefficient (Wildman–Crippen LogP) is 0.244. The predicted molar refractivity (Wildman–Crippen MR) is 38.7 cm³/mol. The number of ether oxygens (including phenoxy) is 1. The summed E-state index contributed by atoms with van der Waals surface area (Å²) in [6.07, 6.45) is 0.593. The summed E-state index contributed by atoms with van der Waals surface area (Å²) >= 11 is 0. The molecule has 0 aliphatic rings. The molecule has 4 heteroatoms. The Labute approximate surface area is 64.8 Å². The largest absolute Gasteiger partial charge is 0.460 e. The molecular weight excluding hydrogens is 144 g/mol. The Bertz CT molecular complexity index is 253. The van der Waals surface area contributed by atoms with Crippen molar-refractivity contribution in [3.8, 4) is 11.8 Å². The van der Waals surface area contributed by atoms with Crippen LogP contribution in [0.15, 0.2) is 0 Å². The van der Waals surface area contributed by atoms with E-state index in [2.05, 4.69) is 21.4 Å². The maximum absolute atomic E-state index is 10.6. The van der Waals surface area contributed by atoms with Gasteiger partial charge in [0.05, 0.1) is 7.11 Å². The standard InChI is InChI=1S/C7H8N2O2/c1-3-4-5-6(9-8)7(10)11-2/h3H2,1-2H3. The highest BCUT2D eigenvalue weighted by atomic mass is 16.5. The fourth-order valence-corrected chi connectivity index (χ4v) is 0.386. The Hall–Kier alpha value is -1.59. The normalized spacial score (nSPS) is 7.09. The van der Waals surface area contributed by atoms with Crippen molar-refractivity contribution in [2.45, 2.75) is 13.3 Å². The lowest BCUT2D eigenvalue weighted by Gasteiger charge is -1.84. The summed E-state index contributed by atoms with van der Waals surface area (Å²) < 4.78 is 4.27. The van der Waals surface area contributed by atoms with Gasteiger partial charge in [-0.05, 0) is 0 Å². The number of carbonyl (C=O) groups excluding carboxylic acids is 1. The highest BCUT2D eigenvalue weighted by Gasteiger charge is 2.16. The van der Waals surface area contributed by atoms with Crippen molar-refractivity contribution in [1.29, 1.82) is 0 Å². The minimum absolute atomic E-state index is 0.269. The molecule has 0 atom stereocenters. The fraction of sp³-hybridized carbons (Fsp3) is 0.429. The lowest BCUT2D eigenvalue weighted by molar-refractivity contribution is -0.136. The Morgan fingerprint density at radius 1 is 1.73 bits per heavy atom. The fourth-order valence-electron chi connectivity index (χ4n) is 0.386. The topological polar surface area (TPSA) is 62.7 Å². The third-order valence-corrected chi connectivity index (χ3v) is 0.862. The minimum Gasteiger partial charge on any atom is -0.460 e. The molecular formula is C7H8N2O2. The first-order chi connectivity index (χ1) is 5.26. The van der Waals surface area contributed by atoms with Crippen LogP contribution < -0.4 is 0 Å². The first kappa shape index (κ1) is 9.41. The molecule has 0 unspecified atom stereocenters. The zero-order valence-corrected chi connectivity index (χ0v) is 6.42. The van der Waals surface area contributed by atoms with Crippen molar-refractivity contribution in [1.82, 2.24) is 0 Å². The third-order valence-electron chi connectivity index (χ3n) is 0.862. The van der Waals surface area contributed by atoms with E-state index >= 15 is 0 Å². The van der Waals surface area contributed by atoms with Crippen LogP contribution in [0.5, 0.6) is 0 Å². The Balaban J connectivity index is 4.45. The Morgan fingerprint density at radius 3 is 2.73 bits per heavy atom. The lowest BCUT2D eigenvalue weighted by Crippen LogP contribution is -2.14. The molecule has 11 heavy (non-hydrogen) atoms. The van der Waals surface area contributed by atoms with Gasteiger partial charge in [0.15, 0.2) is 0 Å². The number of carbonyl (C=O) groups is 1. The van der Waals surface area contributed by atoms with Crippen molar-refractivity contribution in [2.24, 2.45) is 0 Å². The highest BCUT2D eigenvalue weighted by Crippen LogP contribution is 1.76. The number of nitrogens with zero attached hydrogens (tertiary/aromatic N) is 2. The van der Waals surface area contributed by atoms with Crippen molar-refractivity contribution >= 4 is 11.7 Å². The number of methoxy groups -OCH3 is 1. The van der Waals surface area contributed by atoms with Crippen molar-refractivity contribution in [2.75, 3.05) is 7.11 Å². The molecule has 0 rings (SSSR count). The molecule has 0 amide bonds. The zero-order valence-electron chi connectivity index (χ0n) is 6.42. The lowest BCUT2D eigenvalue weighted by atomic mass is 10.3. The van der Waals surface area contributed by atoms with Gasteiger partial charge in [0.2, 0.25) is 0 Å². The molecule has 0 saturated heterocycles. The van der Waals surface area contributed by atoms with Crippen LogP contribution >= 0.6 is 0 Å². The molecule has 4 nitrogen and oxygen atoms in total. The van der Waals surface area contributed by atoms with Crippen LogP contribution in [-0.4, -0.2) is 23.6 Å². The average Bonchev–Trinajstić information content (AvgIpc) is 2.05. The van der Waals surface area contributed by atoms with Gasteiger partial charge in [-0.3, -0.25) is 0 Å². The van der Waals surface area contributed by atoms with Crippen molar-refractivity contribution < 1.29 is 14.3 Å². The third kappa shape index (κ3) is 3.19. The molecule has 0 saturated carbocycles. The van der Waals surface area contributed by atoms with Crippen LogP contribution in [0.2, 0.25) is 0 Å². The summed E-state index contributed by atoms with van der Waals surface area (Å²) in [5, 5.41) is 0. The van der Waals surface area contributed by atoms with E-state index in [1.807, 2.05) is 6.92 Å². The number of hydrogen-bond donors (Lipinski definition) is 0. The van der Waals surface area contributed by atoms with Gasteiger partial charge in [-0.25, -0.2) is 4.79 Å². The van der Waals surface area contributed by atoms with Gasteiger partial charge in [0, 0.05) is 12.3 Å². The van der Waals surface area contributed by atoms with E-state index < -0.39 is 5.97 Å². The summed E-state index contributed by atoms with van der Waals surface area (Å²) in [4.78, 5) is 13.3. The van der Waals surface area contributed by atoms with E-state index in [9.17, 15) is 4.79 Å². The number of hydrogen-bond acceptors (Lipinski definition) is 2. The quantitative estimate of drug-likeness (QED) is 0.178. The smallest absolute Gasteiger partial charge is 0.449 e. The first-order valence-electron chi connectivity index (χ1n) is 3.05. The summed E-state index contributed by atoms with van der Waals surface area (Å²) in [5.74, 6) is 4.19. The molecule has 0 aliphatic carbocycles. The van der Waals surface area contributed by atoms with Gasteiger partial charge in [0.25, 0.3) is 0 Å². The second-order valence-corrected chi connectivity index (χ2v) is 1.60.